The average Bonchev–Trinajstić information content (AvgIpc) is 2.41. The van der Waals surface area contributed by atoms with Crippen molar-refractivity contribution in [2.45, 2.75) is 83.1 Å². The van der Waals surface area contributed by atoms with Crippen LogP contribution in [-0.2, 0) is 0 Å². The summed E-state index contributed by atoms with van der Waals surface area (Å²) in [6, 6.07) is 9.14. The van der Waals surface area contributed by atoms with Gasteiger partial charge in [0, 0.05) is 6.04 Å². The highest BCUT2D eigenvalue weighted by molar-refractivity contribution is 5.33. The Morgan fingerprint density at radius 2 is 1.75 bits per heavy atom. The maximum atomic E-state index is 6.45. The van der Waals surface area contributed by atoms with E-state index in [0.29, 0.717) is 0 Å². The van der Waals surface area contributed by atoms with Gasteiger partial charge in [-0.05, 0) is 36.3 Å². The van der Waals surface area contributed by atoms with Crippen LogP contribution >= 0.6 is 0 Å². The molecular weight excluding hydrogens is 242 g/mol. The van der Waals surface area contributed by atoms with Crippen LogP contribution in [0.5, 0.6) is 0 Å². The maximum Gasteiger partial charge on any atom is 0.0297 e. The summed E-state index contributed by atoms with van der Waals surface area (Å²) in [5.74, 6) is 0.793. The van der Waals surface area contributed by atoms with Gasteiger partial charge in [-0.25, -0.2) is 0 Å². The van der Waals surface area contributed by atoms with E-state index in [9.17, 15) is 0 Å². The smallest absolute Gasteiger partial charge is 0.0297 e. The standard InChI is InChI=1S/C19H31N/c1-2-3-4-5-6-7-15-19(20)18-14-9-8-13-17(18)16-11-10-12-16/h8-9,13-14,16,19H,2-7,10-12,15,20H2,1H3. The van der Waals surface area contributed by atoms with Gasteiger partial charge in [-0.2, -0.15) is 0 Å². The van der Waals surface area contributed by atoms with Gasteiger partial charge in [0.25, 0.3) is 0 Å². The molecule has 1 aromatic rings. The average molecular weight is 273 g/mol. The highest BCUT2D eigenvalue weighted by Crippen LogP contribution is 2.39. The van der Waals surface area contributed by atoms with Gasteiger partial charge in [-0.1, -0.05) is 76.1 Å². The molecule has 0 radical (unpaired) electrons. The molecule has 1 fully saturated rings. The van der Waals surface area contributed by atoms with Gasteiger partial charge >= 0.3 is 0 Å². The van der Waals surface area contributed by atoms with Gasteiger partial charge in [0.1, 0.15) is 0 Å². The molecule has 1 heteroatoms. The molecule has 0 amide bonds. The second-order valence-corrected chi connectivity index (χ2v) is 6.42. The van der Waals surface area contributed by atoms with Crippen LogP contribution in [0.3, 0.4) is 0 Å². The van der Waals surface area contributed by atoms with Crippen LogP contribution in [0.25, 0.3) is 0 Å². The summed E-state index contributed by atoms with van der Waals surface area (Å²) in [5, 5.41) is 0. The predicted molar refractivity (Wildman–Crippen MR) is 88.0 cm³/mol. The highest BCUT2D eigenvalue weighted by atomic mass is 14.6. The number of hydrogen-bond donors (Lipinski definition) is 1. The van der Waals surface area contributed by atoms with E-state index in [1.165, 1.54) is 68.9 Å². The fourth-order valence-electron chi connectivity index (χ4n) is 3.24. The zero-order valence-electron chi connectivity index (χ0n) is 13.1. The molecule has 1 saturated carbocycles. The molecule has 0 saturated heterocycles. The van der Waals surface area contributed by atoms with Crippen molar-refractivity contribution in [3.8, 4) is 0 Å². The summed E-state index contributed by atoms with van der Waals surface area (Å²) in [4.78, 5) is 0. The van der Waals surface area contributed by atoms with E-state index in [4.69, 9.17) is 5.73 Å². The third-order valence-electron chi connectivity index (χ3n) is 4.81. The lowest BCUT2D eigenvalue weighted by Crippen LogP contribution is -2.17. The molecule has 0 heterocycles. The Morgan fingerprint density at radius 3 is 2.45 bits per heavy atom. The Labute approximate surface area is 125 Å². The molecule has 0 spiro atoms. The third-order valence-corrected chi connectivity index (χ3v) is 4.81. The summed E-state index contributed by atoms with van der Waals surface area (Å²) in [6.07, 6.45) is 13.4. The lowest BCUT2D eigenvalue weighted by molar-refractivity contribution is 0.413. The van der Waals surface area contributed by atoms with Crippen molar-refractivity contribution in [1.82, 2.24) is 0 Å². The molecule has 1 atom stereocenters. The van der Waals surface area contributed by atoms with E-state index in [-0.39, 0.29) is 6.04 Å². The van der Waals surface area contributed by atoms with Gasteiger partial charge in [-0.15, -0.1) is 0 Å². The molecule has 1 aliphatic carbocycles. The van der Waals surface area contributed by atoms with Crippen LogP contribution in [0.15, 0.2) is 24.3 Å². The monoisotopic (exact) mass is 273 g/mol. The highest BCUT2D eigenvalue weighted by Gasteiger charge is 2.23. The second-order valence-electron chi connectivity index (χ2n) is 6.42. The van der Waals surface area contributed by atoms with E-state index in [0.717, 1.165) is 12.3 Å². The fraction of sp³-hybridized carbons (Fsp3) is 0.684. The van der Waals surface area contributed by atoms with Crippen molar-refractivity contribution < 1.29 is 0 Å². The normalized spacial score (nSPS) is 16.9. The Balaban J connectivity index is 1.78. The summed E-state index contributed by atoms with van der Waals surface area (Å²) in [5.41, 5.74) is 9.41. The number of nitrogens with two attached hydrogens (primary N) is 1. The molecule has 0 aliphatic heterocycles. The molecule has 20 heavy (non-hydrogen) atoms. The summed E-state index contributed by atoms with van der Waals surface area (Å²) >= 11 is 0. The van der Waals surface area contributed by atoms with Crippen LogP contribution in [-0.4, -0.2) is 0 Å². The third kappa shape index (κ3) is 4.34. The zero-order valence-corrected chi connectivity index (χ0v) is 13.1. The van der Waals surface area contributed by atoms with E-state index in [2.05, 4.69) is 31.2 Å². The fourth-order valence-corrected chi connectivity index (χ4v) is 3.24. The minimum absolute atomic E-state index is 0.248. The largest absolute Gasteiger partial charge is 0.324 e. The van der Waals surface area contributed by atoms with Gasteiger partial charge in [0.15, 0.2) is 0 Å². The SMILES string of the molecule is CCCCCCCCC(N)c1ccccc1C1CCC1. The first kappa shape index (κ1) is 15.6. The summed E-state index contributed by atoms with van der Waals surface area (Å²) < 4.78 is 0. The van der Waals surface area contributed by atoms with Crippen LogP contribution in [0, 0.1) is 0 Å². The minimum atomic E-state index is 0.248. The Hall–Kier alpha value is -0.820. The number of benzene rings is 1. The van der Waals surface area contributed by atoms with Crippen molar-refractivity contribution in [3.05, 3.63) is 35.4 Å². The molecular formula is C19H31N. The van der Waals surface area contributed by atoms with Gasteiger partial charge in [-0.3, -0.25) is 0 Å². The van der Waals surface area contributed by atoms with Crippen molar-refractivity contribution in [1.29, 1.82) is 0 Å². The van der Waals surface area contributed by atoms with Crippen molar-refractivity contribution in [3.63, 3.8) is 0 Å². The van der Waals surface area contributed by atoms with Gasteiger partial charge in [0.05, 0.1) is 0 Å². The molecule has 2 N–H and O–H groups in total. The van der Waals surface area contributed by atoms with E-state index < -0.39 is 0 Å². The topological polar surface area (TPSA) is 26.0 Å². The van der Waals surface area contributed by atoms with Crippen molar-refractivity contribution in [2.24, 2.45) is 5.73 Å². The number of hydrogen-bond acceptors (Lipinski definition) is 1. The zero-order chi connectivity index (χ0) is 14.2. The summed E-state index contributed by atoms with van der Waals surface area (Å²) in [7, 11) is 0. The second kappa shape index (κ2) is 8.46. The van der Waals surface area contributed by atoms with Crippen molar-refractivity contribution >= 4 is 0 Å². The molecule has 1 unspecified atom stereocenters. The van der Waals surface area contributed by atoms with Crippen molar-refractivity contribution in [2.75, 3.05) is 0 Å². The molecule has 0 bridgehead atoms. The Bertz CT molecular complexity index is 381. The van der Waals surface area contributed by atoms with Gasteiger partial charge < -0.3 is 5.73 Å². The molecule has 0 aromatic heterocycles. The van der Waals surface area contributed by atoms with Crippen LogP contribution in [0.2, 0.25) is 0 Å². The summed E-state index contributed by atoms with van der Waals surface area (Å²) in [6.45, 7) is 2.27. The molecule has 2 rings (SSSR count). The first-order valence-corrected chi connectivity index (χ1v) is 8.67. The maximum absolute atomic E-state index is 6.45. The number of rotatable bonds is 9. The Kier molecular flexibility index (Phi) is 6.59. The first-order valence-electron chi connectivity index (χ1n) is 8.67. The Morgan fingerprint density at radius 1 is 1.05 bits per heavy atom. The lowest BCUT2D eigenvalue weighted by Gasteiger charge is -2.29. The van der Waals surface area contributed by atoms with E-state index in [1.807, 2.05) is 0 Å². The molecule has 1 aliphatic rings. The van der Waals surface area contributed by atoms with E-state index in [1.54, 1.807) is 0 Å². The van der Waals surface area contributed by atoms with Crippen LogP contribution in [0.1, 0.15) is 94.2 Å². The molecule has 1 aromatic carbocycles. The van der Waals surface area contributed by atoms with Crippen LogP contribution < -0.4 is 5.73 Å². The lowest BCUT2D eigenvalue weighted by atomic mass is 9.77. The van der Waals surface area contributed by atoms with Gasteiger partial charge in [0.2, 0.25) is 0 Å². The predicted octanol–water partition coefficient (Wildman–Crippen LogP) is 5.70. The molecule has 1 nitrogen and oxygen atoms in total. The quantitative estimate of drug-likeness (QED) is 0.573. The van der Waals surface area contributed by atoms with Crippen LogP contribution in [0.4, 0.5) is 0 Å². The number of unbranched alkanes of at least 4 members (excludes halogenated alkanes) is 5. The molecule has 112 valence electrons. The first-order chi connectivity index (χ1) is 9.83. The minimum Gasteiger partial charge on any atom is -0.324 e. The van der Waals surface area contributed by atoms with E-state index >= 15 is 0 Å².